The number of fused-ring (bicyclic) bond motifs is 1. The van der Waals surface area contributed by atoms with E-state index in [4.69, 9.17) is 18.6 Å². The van der Waals surface area contributed by atoms with Gasteiger partial charge in [0.05, 0.1) is 7.11 Å². The molecular weight excluding hydrogens is 388 g/mol. The summed E-state index contributed by atoms with van der Waals surface area (Å²) in [5.41, 5.74) is 0.819. The van der Waals surface area contributed by atoms with Gasteiger partial charge in [-0.05, 0) is 35.9 Å². The minimum absolute atomic E-state index is 0.0286. The predicted octanol–water partition coefficient (Wildman–Crippen LogP) is 3.83. The number of aromatic hydroxyl groups is 1. The van der Waals surface area contributed by atoms with E-state index in [1.54, 1.807) is 36.4 Å². The van der Waals surface area contributed by atoms with E-state index in [1.807, 2.05) is 0 Å². The number of methoxy groups -OCH3 is 1. The number of hydrogen-bond acceptors (Lipinski definition) is 7. The van der Waals surface area contributed by atoms with E-state index >= 15 is 0 Å². The molecule has 0 aliphatic carbocycles. The number of phenols is 1. The highest BCUT2D eigenvalue weighted by Crippen LogP contribution is 2.28. The molecule has 1 N–H and O–H groups in total. The third-order valence-electron chi connectivity index (χ3n) is 4.14. The lowest BCUT2D eigenvalue weighted by atomic mass is 10.1. The van der Waals surface area contributed by atoms with Crippen molar-refractivity contribution in [2.75, 3.05) is 13.7 Å². The molecule has 7 heteroatoms. The lowest BCUT2D eigenvalue weighted by Gasteiger charge is -2.09. The second-order valence-corrected chi connectivity index (χ2v) is 6.22. The fourth-order valence-corrected chi connectivity index (χ4v) is 2.76. The van der Waals surface area contributed by atoms with Crippen LogP contribution < -0.4 is 15.1 Å². The van der Waals surface area contributed by atoms with Crippen LogP contribution in [0.4, 0.5) is 0 Å². The molecule has 0 saturated heterocycles. The van der Waals surface area contributed by atoms with Crippen LogP contribution in [0, 0.1) is 0 Å². The monoisotopic (exact) mass is 408 g/mol. The van der Waals surface area contributed by atoms with Crippen LogP contribution in [0.25, 0.3) is 17.0 Å². The van der Waals surface area contributed by atoms with Gasteiger partial charge < -0.3 is 23.7 Å². The van der Waals surface area contributed by atoms with Gasteiger partial charge in [0.25, 0.3) is 0 Å². The van der Waals surface area contributed by atoms with E-state index < -0.39 is 11.6 Å². The standard InChI is InChI=1S/C23H20O7/c1-3-10-28-19-8-4-15(11-21(19)27-2)5-9-22(25)29-14-16-12-23(26)30-20-13-17(24)6-7-18(16)20/h3-9,11-13,24H,1,10,14H2,2H3/b9-5+. The molecule has 0 aliphatic heterocycles. The van der Waals surface area contributed by atoms with Gasteiger partial charge in [-0.15, -0.1) is 0 Å². The summed E-state index contributed by atoms with van der Waals surface area (Å²) in [5.74, 6) is 0.483. The maximum absolute atomic E-state index is 12.1. The van der Waals surface area contributed by atoms with E-state index in [2.05, 4.69) is 6.58 Å². The molecule has 30 heavy (non-hydrogen) atoms. The maximum atomic E-state index is 12.1. The van der Waals surface area contributed by atoms with Crippen molar-refractivity contribution in [3.63, 3.8) is 0 Å². The first-order valence-corrected chi connectivity index (χ1v) is 9.02. The van der Waals surface area contributed by atoms with E-state index in [1.165, 1.54) is 31.4 Å². The summed E-state index contributed by atoms with van der Waals surface area (Å²) in [6.07, 6.45) is 4.49. The molecule has 3 rings (SSSR count). The van der Waals surface area contributed by atoms with Gasteiger partial charge in [0.1, 0.15) is 24.5 Å². The molecule has 0 saturated carbocycles. The highest BCUT2D eigenvalue weighted by Gasteiger charge is 2.09. The number of hydrogen-bond donors (Lipinski definition) is 1. The van der Waals surface area contributed by atoms with Gasteiger partial charge in [-0.2, -0.15) is 0 Å². The molecule has 0 spiro atoms. The normalized spacial score (nSPS) is 10.8. The van der Waals surface area contributed by atoms with Gasteiger partial charge in [0.15, 0.2) is 11.5 Å². The number of esters is 1. The van der Waals surface area contributed by atoms with E-state index in [9.17, 15) is 14.7 Å². The van der Waals surface area contributed by atoms with Crippen LogP contribution >= 0.6 is 0 Å². The van der Waals surface area contributed by atoms with Crippen molar-refractivity contribution in [2.45, 2.75) is 6.61 Å². The highest BCUT2D eigenvalue weighted by molar-refractivity contribution is 5.87. The Kier molecular flexibility index (Phi) is 6.54. The van der Waals surface area contributed by atoms with Crippen LogP contribution in [0.1, 0.15) is 11.1 Å². The highest BCUT2D eigenvalue weighted by atomic mass is 16.5. The van der Waals surface area contributed by atoms with E-state index in [-0.39, 0.29) is 17.9 Å². The Morgan fingerprint density at radius 3 is 2.77 bits per heavy atom. The van der Waals surface area contributed by atoms with Gasteiger partial charge in [-0.1, -0.05) is 18.7 Å². The summed E-state index contributed by atoms with van der Waals surface area (Å²) >= 11 is 0. The SMILES string of the molecule is C=CCOc1ccc(/C=C/C(=O)OCc2cc(=O)oc3cc(O)ccc23)cc1OC. The average Bonchev–Trinajstić information content (AvgIpc) is 2.74. The Balaban J connectivity index is 1.69. The number of ether oxygens (including phenoxy) is 3. The summed E-state index contributed by atoms with van der Waals surface area (Å²) in [6, 6.07) is 10.9. The number of carbonyl (C=O) groups is 1. The zero-order chi connectivity index (χ0) is 21.5. The summed E-state index contributed by atoms with van der Waals surface area (Å²) in [5, 5.41) is 10.1. The van der Waals surface area contributed by atoms with Crippen molar-refractivity contribution in [1.82, 2.24) is 0 Å². The predicted molar refractivity (Wildman–Crippen MR) is 112 cm³/mol. The van der Waals surface area contributed by atoms with Crippen molar-refractivity contribution in [3.05, 3.63) is 82.7 Å². The van der Waals surface area contributed by atoms with Crippen molar-refractivity contribution >= 4 is 23.0 Å². The number of phenolic OH excluding ortho intramolecular Hbond substituents is 1. The zero-order valence-corrected chi connectivity index (χ0v) is 16.3. The van der Waals surface area contributed by atoms with Crippen molar-refractivity contribution in [1.29, 1.82) is 0 Å². The Morgan fingerprint density at radius 2 is 2.00 bits per heavy atom. The van der Waals surface area contributed by atoms with Gasteiger partial charge in [-0.3, -0.25) is 0 Å². The Hall–Kier alpha value is -4.00. The molecule has 0 unspecified atom stereocenters. The second kappa shape index (κ2) is 9.47. The first-order chi connectivity index (χ1) is 14.5. The zero-order valence-electron chi connectivity index (χ0n) is 16.3. The van der Waals surface area contributed by atoms with Crippen molar-refractivity contribution in [2.24, 2.45) is 0 Å². The van der Waals surface area contributed by atoms with E-state index in [0.29, 0.717) is 29.1 Å². The molecule has 0 aliphatic rings. The number of rotatable bonds is 8. The minimum Gasteiger partial charge on any atom is -0.508 e. The molecule has 0 radical (unpaired) electrons. The van der Waals surface area contributed by atoms with Crippen LogP contribution in [0.5, 0.6) is 17.2 Å². The molecule has 1 aromatic heterocycles. The average molecular weight is 408 g/mol. The first kappa shape index (κ1) is 20.7. The maximum Gasteiger partial charge on any atom is 0.336 e. The van der Waals surface area contributed by atoms with Gasteiger partial charge in [0.2, 0.25) is 0 Å². The largest absolute Gasteiger partial charge is 0.508 e. The van der Waals surface area contributed by atoms with Gasteiger partial charge >= 0.3 is 11.6 Å². The Bertz CT molecular complexity index is 1160. The molecule has 0 amide bonds. The molecule has 7 nitrogen and oxygen atoms in total. The fraction of sp³-hybridized carbons (Fsp3) is 0.130. The molecular formula is C23H20O7. The molecule has 0 atom stereocenters. The molecule has 1 heterocycles. The topological polar surface area (TPSA) is 95.2 Å². The lowest BCUT2D eigenvalue weighted by Crippen LogP contribution is -2.05. The molecule has 0 fully saturated rings. The van der Waals surface area contributed by atoms with Crippen LogP contribution in [-0.2, 0) is 16.1 Å². The smallest absolute Gasteiger partial charge is 0.336 e. The van der Waals surface area contributed by atoms with E-state index in [0.717, 1.165) is 5.56 Å². The molecule has 3 aromatic rings. The van der Waals surface area contributed by atoms with Crippen LogP contribution in [-0.4, -0.2) is 24.8 Å². The van der Waals surface area contributed by atoms with Crippen molar-refractivity contribution in [3.8, 4) is 17.2 Å². The quantitative estimate of drug-likeness (QED) is 0.262. The Labute approximate surface area is 172 Å². The summed E-state index contributed by atoms with van der Waals surface area (Å²) < 4.78 is 21.1. The number of carbonyl (C=O) groups excluding carboxylic acids is 1. The summed E-state index contributed by atoms with van der Waals surface area (Å²) in [6.45, 7) is 3.83. The van der Waals surface area contributed by atoms with Crippen LogP contribution in [0.3, 0.4) is 0 Å². The lowest BCUT2D eigenvalue weighted by molar-refractivity contribution is -0.138. The van der Waals surface area contributed by atoms with Gasteiger partial charge in [0, 0.05) is 29.2 Å². The first-order valence-electron chi connectivity index (χ1n) is 9.02. The van der Waals surface area contributed by atoms with Crippen LogP contribution in [0.15, 0.2) is 70.4 Å². The summed E-state index contributed by atoms with van der Waals surface area (Å²) in [7, 11) is 1.53. The third kappa shape index (κ3) is 5.08. The molecule has 0 bridgehead atoms. The third-order valence-corrected chi connectivity index (χ3v) is 4.14. The summed E-state index contributed by atoms with van der Waals surface area (Å²) in [4.78, 5) is 23.8. The molecule has 2 aromatic carbocycles. The van der Waals surface area contributed by atoms with Crippen molar-refractivity contribution < 1.29 is 28.5 Å². The van der Waals surface area contributed by atoms with Crippen LogP contribution in [0.2, 0.25) is 0 Å². The number of benzene rings is 2. The second-order valence-electron chi connectivity index (χ2n) is 6.22. The van der Waals surface area contributed by atoms with Gasteiger partial charge in [-0.25, -0.2) is 9.59 Å². The molecule has 154 valence electrons. The minimum atomic E-state index is -0.597. The Morgan fingerprint density at radius 1 is 1.17 bits per heavy atom. The fourth-order valence-electron chi connectivity index (χ4n) is 2.76.